The summed E-state index contributed by atoms with van der Waals surface area (Å²) in [6.45, 7) is 13.1. The fraction of sp³-hybridized carbons (Fsp3) is 0.647. The molecule has 1 aliphatic heterocycles. The van der Waals surface area contributed by atoms with Crippen molar-refractivity contribution in [2.45, 2.75) is 33.6 Å². The lowest BCUT2D eigenvalue weighted by molar-refractivity contribution is 0.243. The molecule has 1 fully saturated rings. The van der Waals surface area contributed by atoms with Crippen LogP contribution in [0.5, 0.6) is 5.75 Å². The van der Waals surface area contributed by atoms with E-state index < -0.39 is 0 Å². The van der Waals surface area contributed by atoms with Crippen molar-refractivity contribution in [3.8, 4) is 5.75 Å². The largest absolute Gasteiger partial charge is 0.493 e. The monoisotopic (exact) mass is 276 g/mol. The fourth-order valence-electron chi connectivity index (χ4n) is 2.70. The lowest BCUT2D eigenvalue weighted by Gasteiger charge is -2.27. The topological polar surface area (TPSA) is 24.5 Å². The second kappa shape index (κ2) is 7.65. The Morgan fingerprint density at radius 3 is 2.60 bits per heavy atom. The molecule has 0 aliphatic carbocycles. The number of benzene rings is 1. The third-order valence-corrected chi connectivity index (χ3v) is 4.22. The first kappa shape index (κ1) is 15.3. The van der Waals surface area contributed by atoms with Gasteiger partial charge >= 0.3 is 0 Å². The van der Waals surface area contributed by atoms with Crippen molar-refractivity contribution >= 4 is 0 Å². The van der Waals surface area contributed by atoms with Crippen LogP contribution in [0.4, 0.5) is 0 Å². The molecule has 1 aromatic rings. The molecule has 2 rings (SSSR count). The van der Waals surface area contributed by atoms with Gasteiger partial charge in [-0.15, -0.1) is 0 Å². The molecule has 0 saturated carbocycles. The van der Waals surface area contributed by atoms with Gasteiger partial charge < -0.3 is 15.0 Å². The van der Waals surface area contributed by atoms with Crippen molar-refractivity contribution in [2.75, 3.05) is 39.3 Å². The smallest absolute Gasteiger partial charge is 0.122 e. The van der Waals surface area contributed by atoms with Gasteiger partial charge in [-0.05, 0) is 49.4 Å². The lowest BCUT2D eigenvalue weighted by atomic mass is 9.99. The van der Waals surface area contributed by atoms with Crippen LogP contribution in [0.1, 0.15) is 30.0 Å². The number of nitrogens with one attached hydrogen (secondary N) is 1. The van der Waals surface area contributed by atoms with Crippen molar-refractivity contribution in [2.24, 2.45) is 0 Å². The van der Waals surface area contributed by atoms with Gasteiger partial charge in [0.15, 0.2) is 0 Å². The highest BCUT2D eigenvalue weighted by molar-refractivity contribution is 5.43. The van der Waals surface area contributed by atoms with Crippen LogP contribution in [0.2, 0.25) is 0 Å². The van der Waals surface area contributed by atoms with E-state index >= 15 is 0 Å². The van der Waals surface area contributed by atoms with Crippen LogP contribution in [-0.4, -0.2) is 44.2 Å². The molecule has 0 spiro atoms. The highest BCUT2D eigenvalue weighted by Crippen LogP contribution is 2.25. The van der Waals surface area contributed by atoms with E-state index in [-0.39, 0.29) is 0 Å². The number of nitrogens with zero attached hydrogens (tertiary/aromatic N) is 1. The van der Waals surface area contributed by atoms with Crippen LogP contribution in [0.15, 0.2) is 12.1 Å². The van der Waals surface area contributed by atoms with Gasteiger partial charge in [0, 0.05) is 32.7 Å². The first-order chi connectivity index (χ1) is 9.72. The highest BCUT2D eigenvalue weighted by Gasteiger charge is 2.11. The minimum Gasteiger partial charge on any atom is -0.493 e. The third-order valence-electron chi connectivity index (χ3n) is 4.22. The Morgan fingerprint density at radius 2 is 1.90 bits per heavy atom. The zero-order chi connectivity index (χ0) is 14.4. The lowest BCUT2D eigenvalue weighted by Crippen LogP contribution is -2.44. The Morgan fingerprint density at radius 1 is 1.15 bits per heavy atom. The summed E-state index contributed by atoms with van der Waals surface area (Å²) in [5.41, 5.74) is 4.16. The standard InChI is InChI=1S/C17H28N2O/c1-4-13-20-17-6-5-16(14(2)15(17)3)7-10-19-11-8-18-9-12-19/h5-6,18H,4,7-13H2,1-3H3. The zero-order valence-corrected chi connectivity index (χ0v) is 13.2. The Labute approximate surface area is 123 Å². The molecule has 1 heterocycles. The number of hydrogen-bond acceptors (Lipinski definition) is 3. The molecule has 1 N–H and O–H groups in total. The van der Waals surface area contributed by atoms with Crippen LogP contribution in [0.3, 0.4) is 0 Å². The highest BCUT2D eigenvalue weighted by atomic mass is 16.5. The van der Waals surface area contributed by atoms with E-state index in [1.54, 1.807) is 0 Å². The Hall–Kier alpha value is -1.06. The van der Waals surface area contributed by atoms with E-state index in [2.05, 4.69) is 43.1 Å². The van der Waals surface area contributed by atoms with Crippen LogP contribution in [0.25, 0.3) is 0 Å². The number of ether oxygens (including phenoxy) is 1. The molecule has 0 unspecified atom stereocenters. The summed E-state index contributed by atoms with van der Waals surface area (Å²) < 4.78 is 5.80. The summed E-state index contributed by atoms with van der Waals surface area (Å²) in [7, 11) is 0. The fourth-order valence-corrected chi connectivity index (χ4v) is 2.70. The molecule has 3 nitrogen and oxygen atoms in total. The van der Waals surface area contributed by atoms with Crippen molar-refractivity contribution in [3.05, 3.63) is 28.8 Å². The maximum absolute atomic E-state index is 5.80. The molecule has 0 amide bonds. The minimum atomic E-state index is 0.806. The average Bonchev–Trinajstić information content (AvgIpc) is 2.49. The summed E-state index contributed by atoms with van der Waals surface area (Å²) in [5, 5.41) is 3.40. The molecular formula is C17H28N2O. The van der Waals surface area contributed by atoms with E-state index in [1.165, 1.54) is 29.8 Å². The van der Waals surface area contributed by atoms with Crippen LogP contribution < -0.4 is 10.1 Å². The Balaban J connectivity index is 1.95. The van der Waals surface area contributed by atoms with Crippen LogP contribution >= 0.6 is 0 Å². The van der Waals surface area contributed by atoms with E-state index in [4.69, 9.17) is 4.74 Å². The summed E-state index contributed by atoms with van der Waals surface area (Å²) in [6.07, 6.45) is 2.20. The average molecular weight is 276 g/mol. The molecule has 112 valence electrons. The molecule has 0 bridgehead atoms. The molecule has 0 aromatic heterocycles. The molecule has 20 heavy (non-hydrogen) atoms. The maximum Gasteiger partial charge on any atom is 0.122 e. The number of hydrogen-bond donors (Lipinski definition) is 1. The summed E-state index contributed by atoms with van der Waals surface area (Å²) >= 11 is 0. The normalized spacial score (nSPS) is 16.4. The predicted molar refractivity (Wildman–Crippen MR) is 84.7 cm³/mol. The zero-order valence-electron chi connectivity index (χ0n) is 13.2. The van der Waals surface area contributed by atoms with Gasteiger partial charge in [0.05, 0.1) is 6.61 Å². The van der Waals surface area contributed by atoms with Crippen LogP contribution in [-0.2, 0) is 6.42 Å². The summed E-state index contributed by atoms with van der Waals surface area (Å²) in [4.78, 5) is 2.55. The number of piperazine rings is 1. The molecule has 0 radical (unpaired) electrons. The second-order valence-electron chi connectivity index (χ2n) is 5.66. The van der Waals surface area contributed by atoms with Gasteiger partial charge in [-0.1, -0.05) is 13.0 Å². The molecular weight excluding hydrogens is 248 g/mol. The first-order valence-electron chi connectivity index (χ1n) is 7.87. The minimum absolute atomic E-state index is 0.806. The van der Waals surface area contributed by atoms with Gasteiger partial charge in [-0.25, -0.2) is 0 Å². The quantitative estimate of drug-likeness (QED) is 0.864. The van der Waals surface area contributed by atoms with Gasteiger partial charge in [-0.3, -0.25) is 0 Å². The molecule has 3 heteroatoms. The van der Waals surface area contributed by atoms with Gasteiger partial charge in [0.2, 0.25) is 0 Å². The van der Waals surface area contributed by atoms with Crippen molar-refractivity contribution in [3.63, 3.8) is 0 Å². The van der Waals surface area contributed by atoms with E-state index in [0.29, 0.717) is 0 Å². The maximum atomic E-state index is 5.80. The first-order valence-corrected chi connectivity index (χ1v) is 7.87. The molecule has 1 aromatic carbocycles. The van der Waals surface area contributed by atoms with E-state index in [9.17, 15) is 0 Å². The molecule has 0 atom stereocenters. The Kier molecular flexibility index (Phi) is 5.86. The van der Waals surface area contributed by atoms with Crippen LogP contribution in [0, 0.1) is 13.8 Å². The number of rotatable bonds is 6. The van der Waals surface area contributed by atoms with Gasteiger partial charge in [-0.2, -0.15) is 0 Å². The van der Waals surface area contributed by atoms with Gasteiger partial charge in [0.1, 0.15) is 5.75 Å². The van der Waals surface area contributed by atoms with E-state index in [0.717, 1.165) is 44.8 Å². The van der Waals surface area contributed by atoms with Crippen molar-refractivity contribution in [1.29, 1.82) is 0 Å². The van der Waals surface area contributed by atoms with Gasteiger partial charge in [0.25, 0.3) is 0 Å². The van der Waals surface area contributed by atoms with E-state index in [1.807, 2.05) is 0 Å². The van der Waals surface area contributed by atoms with Crippen molar-refractivity contribution < 1.29 is 4.74 Å². The molecule has 1 aliphatic rings. The summed E-state index contributed by atoms with van der Waals surface area (Å²) in [5.74, 6) is 1.05. The molecule has 1 saturated heterocycles. The predicted octanol–water partition coefficient (Wildman–Crippen LogP) is 2.54. The SMILES string of the molecule is CCCOc1ccc(CCN2CCNCC2)c(C)c1C. The Bertz CT molecular complexity index is 425. The summed E-state index contributed by atoms with van der Waals surface area (Å²) in [6, 6.07) is 4.39. The second-order valence-corrected chi connectivity index (χ2v) is 5.66. The third kappa shape index (κ3) is 3.97. The van der Waals surface area contributed by atoms with Crippen molar-refractivity contribution in [1.82, 2.24) is 10.2 Å².